The summed E-state index contributed by atoms with van der Waals surface area (Å²) < 4.78 is 3.60. The van der Waals surface area contributed by atoms with Crippen molar-refractivity contribution in [1.29, 1.82) is 0 Å². The van der Waals surface area contributed by atoms with Crippen molar-refractivity contribution in [1.82, 2.24) is 8.97 Å². The van der Waals surface area contributed by atoms with Gasteiger partial charge in [0.2, 0.25) is 5.82 Å². The zero-order valence-corrected chi connectivity index (χ0v) is 9.31. The first kappa shape index (κ1) is 9.95. The van der Waals surface area contributed by atoms with E-state index in [1.807, 2.05) is 12.3 Å². The van der Waals surface area contributed by atoms with Gasteiger partial charge >= 0.3 is 5.96 Å². The lowest BCUT2D eigenvalue weighted by Crippen LogP contribution is -2.74. The van der Waals surface area contributed by atoms with Gasteiger partial charge in [-0.1, -0.05) is 0 Å². The molecule has 0 atom stereocenters. The van der Waals surface area contributed by atoms with Crippen LogP contribution in [0.4, 0.5) is 5.82 Å². The smallest absolute Gasteiger partial charge is 0.302 e. The number of guanidine groups is 1. The number of nitrogens with zero attached hydrogens (tertiary/aromatic N) is 2. The maximum atomic E-state index is 12.2. The van der Waals surface area contributed by atoms with Gasteiger partial charge in [-0.3, -0.25) is 4.79 Å². The Morgan fingerprint density at radius 1 is 1.41 bits per heavy atom. The molecule has 6 nitrogen and oxygen atoms in total. The van der Waals surface area contributed by atoms with Crippen molar-refractivity contribution in [3.8, 4) is 0 Å². The van der Waals surface area contributed by atoms with Gasteiger partial charge in [-0.25, -0.2) is 9.39 Å². The van der Waals surface area contributed by atoms with Crippen molar-refractivity contribution >= 4 is 17.3 Å². The van der Waals surface area contributed by atoms with Crippen LogP contribution in [0, 0.1) is 0 Å². The highest BCUT2D eigenvalue weighted by atomic mass is 16.1. The van der Waals surface area contributed by atoms with Crippen LogP contribution in [0.5, 0.6) is 0 Å². The Kier molecular flexibility index (Phi) is 1.98. The van der Waals surface area contributed by atoms with Gasteiger partial charge in [-0.2, -0.15) is 0 Å². The lowest BCUT2D eigenvalue weighted by Gasteiger charge is -2.07. The van der Waals surface area contributed by atoms with E-state index in [-0.39, 0.29) is 11.5 Å². The number of aromatic nitrogens is 2. The zero-order chi connectivity index (χ0) is 12.0. The highest BCUT2D eigenvalue weighted by Gasteiger charge is 2.22. The molecular formula is C11H14N5O+. The molecule has 0 unspecified atom stereocenters. The highest BCUT2D eigenvalue weighted by molar-refractivity contribution is 5.70. The molecule has 0 aromatic carbocycles. The summed E-state index contributed by atoms with van der Waals surface area (Å²) in [6.07, 6.45) is 3.67. The molecule has 0 amide bonds. The maximum absolute atomic E-state index is 12.2. The monoisotopic (exact) mass is 232 g/mol. The van der Waals surface area contributed by atoms with Crippen molar-refractivity contribution in [2.75, 3.05) is 0 Å². The van der Waals surface area contributed by atoms with Crippen LogP contribution in [-0.4, -0.2) is 14.9 Å². The predicted molar refractivity (Wildman–Crippen MR) is 64.0 cm³/mol. The molecule has 88 valence electrons. The standard InChI is InChI=1S/C11H13N5O/c12-11(13)14-9-7-3-1-6-16(7)10(17)8-4-2-5-15(8)9/h2,4-5H,1,3,6H2,(H4,12,13,14)/p+1. The van der Waals surface area contributed by atoms with Crippen LogP contribution in [0.3, 0.4) is 0 Å². The highest BCUT2D eigenvalue weighted by Crippen LogP contribution is 2.19. The van der Waals surface area contributed by atoms with E-state index in [0.717, 1.165) is 30.9 Å². The molecule has 3 heterocycles. The average Bonchev–Trinajstić information content (AvgIpc) is 2.92. The summed E-state index contributed by atoms with van der Waals surface area (Å²) in [5, 5.41) is 0. The van der Waals surface area contributed by atoms with Gasteiger partial charge in [0.1, 0.15) is 0 Å². The molecule has 6 heteroatoms. The molecule has 1 aliphatic rings. The van der Waals surface area contributed by atoms with Crippen molar-refractivity contribution in [3.05, 3.63) is 34.4 Å². The zero-order valence-electron chi connectivity index (χ0n) is 9.31. The second kappa shape index (κ2) is 3.38. The lowest BCUT2D eigenvalue weighted by atomic mass is 10.3. The number of fused-ring (bicyclic) bond motifs is 2. The predicted octanol–water partition coefficient (Wildman–Crippen LogP) is -1.97. The SMILES string of the molecule is NC(N)=[NH+]c1c2n(c(=O)c3cccn13)CCC2. The fourth-order valence-electron chi connectivity index (χ4n) is 2.44. The number of nitrogens with two attached hydrogens (primary N) is 2. The Morgan fingerprint density at radius 3 is 3.00 bits per heavy atom. The van der Waals surface area contributed by atoms with Gasteiger partial charge in [0, 0.05) is 6.54 Å². The fraction of sp³-hybridized carbons (Fsp3) is 0.273. The number of nitrogens with one attached hydrogen (secondary N) is 1. The first-order chi connectivity index (χ1) is 8.18. The first-order valence-corrected chi connectivity index (χ1v) is 5.56. The van der Waals surface area contributed by atoms with Crippen molar-refractivity contribution in [3.63, 3.8) is 0 Å². The Labute approximate surface area is 97.2 Å². The molecule has 0 bridgehead atoms. The number of hydrogen-bond donors (Lipinski definition) is 3. The molecule has 2 aromatic rings. The third-order valence-corrected chi connectivity index (χ3v) is 3.11. The van der Waals surface area contributed by atoms with Crippen LogP contribution < -0.4 is 22.0 Å². The maximum Gasteiger partial charge on any atom is 0.302 e. The largest absolute Gasteiger partial charge is 0.311 e. The third kappa shape index (κ3) is 1.33. The van der Waals surface area contributed by atoms with E-state index in [2.05, 4.69) is 4.99 Å². The summed E-state index contributed by atoms with van der Waals surface area (Å²) in [7, 11) is 0. The molecule has 0 fully saturated rings. The minimum Gasteiger partial charge on any atom is -0.311 e. The van der Waals surface area contributed by atoms with E-state index < -0.39 is 0 Å². The van der Waals surface area contributed by atoms with E-state index in [1.165, 1.54) is 0 Å². The third-order valence-electron chi connectivity index (χ3n) is 3.11. The summed E-state index contributed by atoms with van der Waals surface area (Å²) >= 11 is 0. The number of rotatable bonds is 1. The van der Waals surface area contributed by atoms with Crippen LogP contribution >= 0.6 is 0 Å². The Morgan fingerprint density at radius 2 is 2.24 bits per heavy atom. The number of hydrogen-bond acceptors (Lipinski definition) is 1. The molecule has 1 aliphatic heterocycles. The minimum absolute atomic E-state index is 0.0450. The fourth-order valence-corrected chi connectivity index (χ4v) is 2.44. The Hall–Kier alpha value is -2.24. The van der Waals surface area contributed by atoms with E-state index in [4.69, 9.17) is 11.5 Å². The van der Waals surface area contributed by atoms with Crippen LogP contribution in [-0.2, 0) is 13.0 Å². The lowest BCUT2D eigenvalue weighted by molar-refractivity contribution is -0.363. The van der Waals surface area contributed by atoms with Crippen molar-refractivity contribution in [2.24, 2.45) is 11.5 Å². The normalized spacial score (nSPS) is 13.9. The van der Waals surface area contributed by atoms with Crippen LogP contribution in [0.1, 0.15) is 12.1 Å². The molecule has 17 heavy (non-hydrogen) atoms. The summed E-state index contributed by atoms with van der Waals surface area (Å²) in [6, 6.07) is 3.64. The van der Waals surface area contributed by atoms with Gasteiger partial charge < -0.3 is 16.0 Å². The van der Waals surface area contributed by atoms with Gasteiger partial charge in [0.15, 0.2) is 5.52 Å². The molecule has 0 saturated heterocycles. The van der Waals surface area contributed by atoms with Crippen LogP contribution in [0.15, 0.2) is 23.1 Å². The van der Waals surface area contributed by atoms with Gasteiger partial charge in [-0.15, -0.1) is 0 Å². The second-order valence-electron chi connectivity index (χ2n) is 4.20. The topological polar surface area (TPSA) is 92.4 Å². The molecule has 2 aromatic heterocycles. The van der Waals surface area contributed by atoms with Crippen molar-refractivity contribution < 1.29 is 4.99 Å². The molecule has 0 radical (unpaired) electrons. The summed E-state index contributed by atoms with van der Waals surface area (Å²) in [5.74, 6) is 0.926. The van der Waals surface area contributed by atoms with Crippen LogP contribution in [0.25, 0.3) is 5.52 Å². The quantitative estimate of drug-likeness (QED) is 0.393. The Balaban J connectivity index is 2.47. The molecule has 0 aliphatic carbocycles. The first-order valence-electron chi connectivity index (χ1n) is 5.56. The minimum atomic E-state index is 0.0450. The molecule has 5 N–H and O–H groups in total. The van der Waals surface area contributed by atoms with E-state index >= 15 is 0 Å². The second-order valence-corrected chi connectivity index (χ2v) is 4.20. The van der Waals surface area contributed by atoms with Gasteiger partial charge in [0.25, 0.3) is 5.56 Å². The van der Waals surface area contributed by atoms with E-state index in [9.17, 15) is 4.79 Å². The van der Waals surface area contributed by atoms with Crippen LogP contribution in [0.2, 0.25) is 0 Å². The molecule has 0 spiro atoms. The summed E-state index contributed by atoms with van der Waals surface area (Å²) in [4.78, 5) is 15.1. The molecular weight excluding hydrogens is 218 g/mol. The molecule has 0 saturated carbocycles. The Bertz CT molecular complexity index is 675. The van der Waals surface area contributed by atoms with Gasteiger partial charge in [0.05, 0.1) is 11.9 Å². The van der Waals surface area contributed by atoms with E-state index in [0.29, 0.717) is 5.52 Å². The molecule has 3 rings (SSSR count). The van der Waals surface area contributed by atoms with Crippen molar-refractivity contribution in [2.45, 2.75) is 19.4 Å². The van der Waals surface area contributed by atoms with Gasteiger partial charge in [-0.05, 0) is 25.0 Å². The average molecular weight is 232 g/mol. The summed E-state index contributed by atoms with van der Waals surface area (Å²) in [6.45, 7) is 0.759. The van der Waals surface area contributed by atoms with E-state index in [1.54, 1.807) is 15.0 Å². The summed E-state index contributed by atoms with van der Waals surface area (Å²) in [5.41, 5.74) is 12.6.